The molecule has 0 aromatic carbocycles. The fourth-order valence-corrected chi connectivity index (χ4v) is 3.61. The summed E-state index contributed by atoms with van der Waals surface area (Å²) in [6.45, 7) is 0.450. The summed E-state index contributed by atoms with van der Waals surface area (Å²) in [5.41, 5.74) is 0. The van der Waals surface area contributed by atoms with Gasteiger partial charge < -0.3 is 15.4 Å². The second kappa shape index (κ2) is 7.86. The second-order valence-corrected chi connectivity index (χ2v) is 6.80. The molecule has 1 aromatic rings. The highest BCUT2D eigenvalue weighted by molar-refractivity contribution is 7.16. The van der Waals surface area contributed by atoms with Crippen LogP contribution in [-0.2, 0) is 4.74 Å². The molecule has 1 fully saturated rings. The molecule has 1 atom stereocenters. The molecule has 20 heavy (non-hydrogen) atoms. The van der Waals surface area contributed by atoms with E-state index in [4.69, 9.17) is 16.3 Å². The van der Waals surface area contributed by atoms with Crippen LogP contribution in [0.4, 0.5) is 4.79 Å². The average molecular weight is 317 g/mol. The predicted molar refractivity (Wildman–Crippen MR) is 82.5 cm³/mol. The summed E-state index contributed by atoms with van der Waals surface area (Å²) in [5.74, 6) is 0. The van der Waals surface area contributed by atoms with Crippen LogP contribution >= 0.6 is 22.9 Å². The minimum atomic E-state index is -0.149. The van der Waals surface area contributed by atoms with Gasteiger partial charge in [-0.3, -0.25) is 0 Å². The van der Waals surface area contributed by atoms with E-state index in [1.54, 1.807) is 7.11 Å². The smallest absolute Gasteiger partial charge is 0.315 e. The maximum atomic E-state index is 11.9. The lowest BCUT2D eigenvalue weighted by Crippen LogP contribution is -2.44. The van der Waals surface area contributed by atoms with Crippen LogP contribution in [0, 0.1) is 0 Å². The Kier molecular flexibility index (Phi) is 6.13. The number of hydrogen-bond acceptors (Lipinski definition) is 3. The standard InChI is InChI=1S/C14H21ClN2O2S/c1-19-11(12-7-8-13(15)20-12)9-16-14(18)17-10-5-3-2-4-6-10/h7-8,10-11H,2-6,9H2,1H3,(H2,16,17,18). The van der Waals surface area contributed by atoms with Crippen LogP contribution in [-0.4, -0.2) is 25.7 Å². The molecular weight excluding hydrogens is 296 g/mol. The van der Waals surface area contributed by atoms with E-state index >= 15 is 0 Å². The van der Waals surface area contributed by atoms with Crippen molar-refractivity contribution in [2.24, 2.45) is 0 Å². The summed E-state index contributed by atoms with van der Waals surface area (Å²) in [6, 6.07) is 3.99. The molecule has 0 spiro atoms. The lowest BCUT2D eigenvalue weighted by Gasteiger charge is -2.23. The maximum Gasteiger partial charge on any atom is 0.315 e. The molecule has 2 N–H and O–H groups in total. The zero-order chi connectivity index (χ0) is 14.4. The molecular formula is C14H21ClN2O2S. The average Bonchev–Trinajstić information content (AvgIpc) is 2.87. The number of nitrogens with one attached hydrogen (secondary N) is 2. The van der Waals surface area contributed by atoms with Crippen molar-refractivity contribution in [3.8, 4) is 0 Å². The van der Waals surface area contributed by atoms with Crippen LogP contribution in [0.25, 0.3) is 0 Å². The molecule has 112 valence electrons. The van der Waals surface area contributed by atoms with Crippen molar-refractivity contribution < 1.29 is 9.53 Å². The molecule has 0 saturated heterocycles. The van der Waals surface area contributed by atoms with E-state index in [1.165, 1.54) is 30.6 Å². The van der Waals surface area contributed by atoms with Gasteiger partial charge in [0.05, 0.1) is 10.9 Å². The quantitative estimate of drug-likeness (QED) is 0.869. The van der Waals surface area contributed by atoms with E-state index in [0.717, 1.165) is 22.1 Å². The van der Waals surface area contributed by atoms with Gasteiger partial charge in [0.15, 0.2) is 0 Å². The third-order valence-corrected chi connectivity index (χ3v) is 4.91. The van der Waals surface area contributed by atoms with Crippen molar-refractivity contribution in [3.05, 3.63) is 21.3 Å². The Bertz CT molecular complexity index is 433. The first-order valence-corrected chi connectivity index (χ1v) is 8.21. The molecule has 0 bridgehead atoms. The van der Waals surface area contributed by atoms with Crippen LogP contribution in [0.15, 0.2) is 12.1 Å². The Labute approximate surface area is 128 Å². The van der Waals surface area contributed by atoms with Gasteiger partial charge in [-0.05, 0) is 25.0 Å². The number of hydrogen-bond donors (Lipinski definition) is 2. The predicted octanol–water partition coefficient (Wildman–Crippen LogP) is 3.72. The van der Waals surface area contributed by atoms with Crippen molar-refractivity contribution in [2.75, 3.05) is 13.7 Å². The third-order valence-electron chi connectivity index (χ3n) is 3.58. The Morgan fingerprint density at radius 2 is 2.20 bits per heavy atom. The molecule has 0 aliphatic heterocycles. The van der Waals surface area contributed by atoms with E-state index in [0.29, 0.717) is 12.6 Å². The molecule has 1 aromatic heterocycles. The summed E-state index contributed by atoms with van der Waals surface area (Å²) in [4.78, 5) is 12.9. The number of halogens is 1. The summed E-state index contributed by atoms with van der Waals surface area (Å²) in [5, 5.41) is 5.90. The van der Waals surface area contributed by atoms with Gasteiger partial charge in [0.25, 0.3) is 0 Å². The largest absolute Gasteiger partial charge is 0.374 e. The summed E-state index contributed by atoms with van der Waals surface area (Å²) in [6.07, 6.45) is 5.72. The van der Waals surface area contributed by atoms with Gasteiger partial charge in [-0.2, -0.15) is 0 Å². The lowest BCUT2D eigenvalue weighted by molar-refractivity contribution is 0.106. The Morgan fingerprint density at radius 1 is 1.45 bits per heavy atom. The van der Waals surface area contributed by atoms with Crippen molar-refractivity contribution in [3.63, 3.8) is 0 Å². The fraction of sp³-hybridized carbons (Fsp3) is 0.643. The molecule has 1 saturated carbocycles. The van der Waals surface area contributed by atoms with E-state index in [-0.39, 0.29) is 12.1 Å². The number of amides is 2. The molecule has 1 aliphatic carbocycles. The van der Waals surface area contributed by atoms with Crippen LogP contribution in [0.3, 0.4) is 0 Å². The first-order chi connectivity index (χ1) is 9.69. The zero-order valence-electron chi connectivity index (χ0n) is 11.7. The van der Waals surface area contributed by atoms with Crippen molar-refractivity contribution in [1.29, 1.82) is 0 Å². The maximum absolute atomic E-state index is 11.9. The van der Waals surface area contributed by atoms with E-state index < -0.39 is 0 Å². The number of rotatable bonds is 5. The first-order valence-electron chi connectivity index (χ1n) is 7.01. The number of carbonyl (C=O) groups is 1. The number of carbonyl (C=O) groups excluding carboxylic acids is 1. The molecule has 0 radical (unpaired) electrons. The zero-order valence-corrected chi connectivity index (χ0v) is 13.2. The van der Waals surface area contributed by atoms with Crippen molar-refractivity contribution in [2.45, 2.75) is 44.2 Å². The van der Waals surface area contributed by atoms with Crippen LogP contribution in [0.2, 0.25) is 4.34 Å². The van der Waals surface area contributed by atoms with Gasteiger partial charge in [-0.25, -0.2) is 4.79 Å². The molecule has 1 heterocycles. The Balaban J connectivity index is 1.76. The van der Waals surface area contributed by atoms with Crippen LogP contribution < -0.4 is 10.6 Å². The highest BCUT2D eigenvalue weighted by Crippen LogP contribution is 2.28. The normalized spacial score (nSPS) is 17.7. The molecule has 1 unspecified atom stereocenters. The molecule has 4 nitrogen and oxygen atoms in total. The Hall–Kier alpha value is -0.780. The minimum Gasteiger partial charge on any atom is -0.374 e. The summed E-state index contributed by atoms with van der Waals surface area (Å²) in [7, 11) is 1.64. The van der Waals surface area contributed by atoms with Gasteiger partial charge in [-0.1, -0.05) is 30.9 Å². The summed E-state index contributed by atoms with van der Waals surface area (Å²) < 4.78 is 6.13. The van der Waals surface area contributed by atoms with E-state index in [9.17, 15) is 4.79 Å². The van der Waals surface area contributed by atoms with Crippen LogP contribution in [0.1, 0.15) is 43.1 Å². The third kappa shape index (κ3) is 4.65. The minimum absolute atomic E-state index is 0.110. The SMILES string of the molecule is COC(CNC(=O)NC1CCCCC1)c1ccc(Cl)s1. The number of thiophene rings is 1. The monoisotopic (exact) mass is 316 g/mol. The highest BCUT2D eigenvalue weighted by Gasteiger charge is 2.17. The van der Waals surface area contributed by atoms with Gasteiger partial charge in [0, 0.05) is 18.0 Å². The number of ether oxygens (including phenoxy) is 1. The van der Waals surface area contributed by atoms with Gasteiger partial charge >= 0.3 is 6.03 Å². The van der Waals surface area contributed by atoms with Crippen molar-refractivity contribution in [1.82, 2.24) is 10.6 Å². The molecule has 1 aliphatic rings. The van der Waals surface area contributed by atoms with Gasteiger partial charge in [0.2, 0.25) is 0 Å². The molecule has 2 amide bonds. The second-order valence-electron chi connectivity index (χ2n) is 5.06. The number of methoxy groups -OCH3 is 1. The van der Waals surface area contributed by atoms with Gasteiger partial charge in [0.1, 0.15) is 6.10 Å². The van der Waals surface area contributed by atoms with Gasteiger partial charge in [-0.15, -0.1) is 11.3 Å². The number of urea groups is 1. The van der Waals surface area contributed by atoms with E-state index in [2.05, 4.69) is 10.6 Å². The fourth-order valence-electron chi connectivity index (χ4n) is 2.47. The first kappa shape index (κ1) is 15.6. The van der Waals surface area contributed by atoms with Crippen LogP contribution in [0.5, 0.6) is 0 Å². The lowest BCUT2D eigenvalue weighted by atomic mass is 9.96. The molecule has 2 rings (SSSR count). The Morgan fingerprint density at radius 3 is 2.80 bits per heavy atom. The van der Waals surface area contributed by atoms with Crippen molar-refractivity contribution >= 4 is 29.0 Å². The van der Waals surface area contributed by atoms with E-state index in [1.807, 2.05) is 12.1 Å². The molecule has 6 heteroatoms. The summed E-state index contributed by atoms with van der Waals surface area (Å²) >= 11 is 7.39. The topological polar surface area (TPSA) is 50.4 Å². The highest BCUT2D eigenvalue weighted by atomic mass is 35.5.